The van der Waals surface area contributed by atoms with E-state index in [1.165, 1.54) is 19.3 Å². The van der Waals surface area contributed by atoms with Crippen molar-refractivity contribution < 1.29 is 0 Å². The van der Waals surface area contributed by atoms with E-state index in [0.717, 1.165) is 24.2 Å². The Morgan fingerprint density at radius 2 is 1.72 bits per heavy atom. The maximum absolute atomic E-state index is 6.24. The molecule has 3 N–H and O–H groups in total. The van der Waals surface area contributed by atoms with Crippen molar-refractivity contribution in [2.45, 2.75) is 38.1 Å². The van der Waals surface area contributed by atoms with Crippen LogP contribution in [-0.2, 0) is 0 Å². The Morgan fingerprint density at radius 3 is 2.48 bits per heavy atom. The summed E-state index contributed by atoms with van der Waals surface area (Å²) in [5, 5.41) is 4.59. The number of nitrogens with zero attached hydrogens (tertiary/aromatic N) is 3. The van der Waals surface area contributed by atoms with Gasteiger partial charge in [-0.2, -0.15) is 4.98 Å². The van der Waals surface area contributed by atoms with E-state index in [-0.39, 0.29) is 0 Å². The molecule has 1 aliphatic carbocycles. The molecule has 150 valence electrons. The van der Waals surface area contributed by atoms with E-state index >= 15 is 0 Å². The lowest BCUT2D eigenvalue weighted by Crippen LogP contribution is -2.24. The normalized spacial score (nSPS) is 14.4. The van der Waals surface area contributed by atoms with Crippen LogP contribution in [0, 0.1) is 0 Å². The summed E-state index contributed by atoms with van der Waals surface area (Å²) in [6, 6.07) is 13.3. The average molecular weight is 429 g/mol. The van der Waals surface area contributed by atoms with Gasteiger partial charge in [0.2, 0.25) is 5.95 Å². The van der Waals surface area contributed by atoms with Gasteiger partial charge in [0.05, 0.1) is 22.1 Å². The fraction of sp³-hybridized carbons (Fsp3) is 0.286. The quantitative estimate of drug-likeness (QED) is 0.416. The van der Waals surface area contributed by atoms with Crippen LogP contribution in [0.25, 0.3) is 11.4 Å². The minimum Gasteiger partial charge on any atom is -0.351 e. The number of hydrazine groups is 1. The molecular weight excluding hydrogens is 407 g/mol. The van der Waals surface area contributed by atoms with Crippen LogP contribution in [0.5, 0.6) is 0 Å². The maximum atomic E-state index is 6.24. The first-order valence-electron chi connectivity index (χ1n) is 9.71. The first-order chi connectivity index (χ1) is 14.2. The third-order valence-electron chi connectivity index (χ3n) is 4.85. The van der Waals surface area contributed by atoms with E-state index in [1.807, 2.05) is 24.3 Å². The minimum atomic E-state index is 0.397. The van der Waals surface area contributed by atoms with Gasteiger partial charge < -0.3 is 5.32 Å². The van der Waals surface area contributed by atoms with Crippen LogP contribution in [0.15, 0.2) is 48.7 Å². The molecule has 0 aliphatic heterocycles. The zero-order valence-corrected chi connectivity index (χ0v) is 17.3. The number of halogens is 2. The molecule has 8 heteroatoms. The van der Waals surface area contributed by atoms with E-state index < -0.39 is 0 Å². The predicted octanol–water partition coefficient (Wildman–Crippen LogP) is 6.03. The van der Waals surface area contributed by atoms with Gasteiger partial charge in [0.1, 0.15) is 0 Å². The molecule has 0 amide bonds. The lowest BCUT2D eigenvalue weighted by molar-refractivity contribution is 0.461. The van der Waals surface area contributed by atoms with E-state index in [2.05, 4.69) is 31.1 Å². The van der Waals surface area contributed by atoms with Crippen LogP contribution in [0.3, 0.4) is 0 Å². The highest BCUT2D eigenvalue weighted by molar-refractivity contribution is 6.36. The number of aromatic nitrogens is 3. The largest absolute Gasteiger partial charge is 0.351 e. The van der Waals surface area contributed by atoms with Crippen molar-refractivity contribution in [3.63, 3.8) is 0 Å². The molecule has 1 aromatic carbocycles. The summed E-state index contributed by atoms with van der Waals surface area (Å²) in [6.07, 6.45) is 7.80. The SMILES string of the molecule is Clc1ccc(NNc2cc(-c3ccccn3)nc(NC3CCCCC3)n2)c(Cl)c1. The van der Waals surface area contributed by atoms with Gasteiger partial charge in [-0.1, -0.05) is 48.5 Å². The Kier molecular flexibility index (Phi) is 6.32. The molecule has 2 heterocycles. The van der Waals surface area contributed by atoms with Crippen LogP contribution >= 0.6 is 23.2 Å². The summed E-state index contributed by atoms with van der Waals surface area (Å²) in [5.74, 6) is 1.21. The summed E-state index contributed by atoms with van der Waals surface area (Å²) in [7, 11) is 0. The van der Waals surface area contributed by atoms with Gasteiger partial charge in [-0.15, -0.1) is 0 Å². The van der Waals surface area contributed by atoms with Gasteiger partial charge in [0, 0.05) is 23.3 Å². The zero-order valence-electron chi connectivity index (χ0n) is 15.8. The summed E-state index contributed by atoms with van der Waals surface area (Å²) in [5.41, 5.74) is 8.43. The zero-order chi connectivity index (χ0) is 20.1. The molecule has 0 radical (unpaired) electrons. The molecule has 2 aromatic heterocycles. The molecule has 1 fully saturated rings. The Labute approximate surface area is 180 Å². The average Bonchev–Trinajstić information content (AvgIpc) is 2.74. The van der Waals surface area contributed by atoms with Crippen molar-refractivity contribution in [2.75, 3.05) is 16.2 Å². The number of anilines is 3. The number of pyridine rings is 1. The fourth-order valence-corrected chi connectivity index (χ4v) is 3.83. The molecule has 1 aliphatic rings. The maximum Gasteiger partial charge on any atom is 0.225 e. The number of benzene rings is 1. The van der Waals surface area contributed by atoms with Gasteiger partial charge in [-0.3, -0.25) is 15.8 Å². The number of hydrogen-bond acceptors (Lipinski definition) is 6. The predicted molar refractivity (Wildman–Crippen MR) is 119 cm³/mol. The third kappa shape index (κ3) is 5.28. The molecule has 0 unspecified atom stereocenters. The van der Waals surface area contributed by atoms with Gasteiger partial charge >= 0.3 is 0 Å². The summed E-state index contributed by atoms with van der Waals surface area (Å²) >= 11 is 12.2. The molecule has 0 saturated heterocycles. The van der Waals surface area contributed by atoms with Crippen LogP contribution in [0.2, 0.25) is 10.0 Å². The topological polar surface area (TPSA) is 74.8 Å². The fourth-order valence-electron chi connectivity index (χ4n) is 3.37. The van der Waals surface area contributed by atoms with Crippen molar-refractivity contribution in [3.8, 4) is 11.4 Å². The molecule has 0 atom stereocenters. The Bertz CT molecular complexity index is 961. The highest BCUT2D eigenvalue weighted by Crippen LogP contribution is 2.27. The number of hydrogen-bond donors (Lipinski definition) is 3. The lowest BCUT2D eigenvalue weighted by Gasteiger charge is -2.23. The van der Waals surface area contributed by atoms with Crippen molar-refractivity contribution in [3.05, 3.63) is 58.7 Å². The van der Waals surface area contributed by atoms with Gasteiger partial charge in [0.15, 0.2) is 5.82 Å². The van der Waals surface area contributed by atoms with Crippen LogP contribution < -0.4 is 16.2 Å². The molecule has 1 saturated carbocycles. The molecule has 6 nitrogen and oxygen atoms in total. The van der Waals surface area contributed by atoms with Crippen molar-refractivity contribution in [1.82, 2.24) is 15.0 Å². The van der Waals surface area contributed by atoms with E-state index in [0.29, 0.717) is 33.5 Å². The molecule has 3 aromatic rings. The molecule has 0 bridgehead atoms. The number of rotatable bonds is 6. The Morgan fingerprint density at radius 1 is 0.862 bits per heavy atom. The number of nitrogens with one attached hydrogen (secondary N) is 3. The van der Waals surface area contributed by atoms with Crippen molar-refractivity contribution in [1.29, 1.82) is 0 Å². The molecule has 4 rings (SSSR count). The monoisotopic (exact) mass is 428 g/mol. The highest BCUT2D eigenvalue weighted by atomic mass is 35.5. The van der Waals surface area contributed by atoms with Gasteiger partial charge in [-0.05, 0) is 43.2 Å². The summed E-state index contributed by atoms with van der Waals surface area (Å²) in [4.78, 5) is 13.7. The van der Waals surface area contributed by atoms with Gasteiger partial charge in [0.25, 0.3) is 0 Å². The standard InChI is InChI=1S/C21H22Cl2N6/c22-14-9-10-17(16(23)12-14)28-29-20-13-19(18-8-4-5-11-24-18)26-21(27-20)25-15-6-2-1-3-7-15/h4-5,8-13,15,28H,1-3,6-7H2,(H2,25,26,27,29). The van der Waals surface area contributed by atoms with E-state index in [1.54, 1.807) is 24.4 Å². The third-order valence-corrected chi connectivity index (χ3v) is 5.40. The van der Waals surface area contributed by atoms with Gasteiger partial charge in [-0.25, -0.2) is 4.98 Å². The first-order valence-corrected chi connectivity index (χ1v) is 10.5. The minimum absolute atomic E-state index is 0.397. The molecular formula is C21H22Cl2N6. The second-order valence-electron chi connectivity index (χ2n) is 7.03. The van der Waals surface area contributed by atoms with Crippen molar-refractivity contribution >= 4 is 40.7 Å². The smallest absolute Gasteiger partial charge is 0.225 e. The van der Waals surface area contributed by atoms with Crippen LogP contribution in [0.4, 0.5) is 17.5 Å². The summed E-state index contributed by atoms with van der Waals surface area (Å²) in [6.45, 7) is 0. The summed E-state index contributed by atoms with van der Waals surface area (Å²) < 4.78 is 0. The van der Waals surface area contributed by atoms with Crippen molar-refractivity contribution in [2.24, 2.45) is 0 Å². The Hall–Kier alpha value is -2.57. The first kappa shape index (κ1) is 19.7. The van der Waals surface area contributed by atoms with Crippen LogP contribution in [-0.4, -0.2) is 21.0 Å². The Balaban J connectivity index is 1.58. The second kappa shape index (κ2) is 9.29. The molecule has 29 heavy (non-hydrogen) atoms. The molecule has 0 spiro atoms. The lowest BCUT2D eigenvalue weighted by atomic mass is 9.96. The second-order valence-corrected chi connectivity index (χ2v) is 7.87. The van der Waals surface area contributed by atoms with E-state index in [4.69, 9.17) is 23.2 Å². The highest BCUT2D eigenvalue weighted by Gasteiger charge is 2.16. The van der Waals surface area contributed by atoms with E-state index in [9.17, 15) is 0 Å². The van der Waals surface area contributed by atoms with Crippen LogP contribution in [0.1, 0.15) is 32.1 Å².